The Kier molecular flexibility index (Phi) is 3.57. The third-order valence-electron chi connectivity index (χ3n) is 2.90. The zero-order valence-electron chi connectivity index (χ0n) is 9.57. The molecule has 0 spiro atoms. The standard InChI is InChI=1S/C13H17NO2/c1-2-16-13-7-6-10(8-14-13)12-5-3-4-11(12)9-15/h6-8,15H,2-5,9H2,1H3. The van der Waals surface area contributed by atoms with E-state index in [-0.39, 0.29) is 6.61 Å². The van der Waals surface area contributed by atoms with Crippen LogP contribution in [0.15, 0.2) is 23.9 Å². The molecule has 0 fully saturated rings. The van der Waals surface area contributed by atoms with Gasteiger partial charge in [0.05, 0.1) is 13.2 Å². The monoisotopic (exact) mass is 219 g/mol. The van der Waals surface area contributed by atoms with E-state index < -0.39 is 0 Å². The predicted octanol–water partition coefficient (Wildman–Crippen LogP) is 2.41. The van der Waals surface area contributed by atoms with E-state index in [4.69, 9.17) is 4.74 Å². The Bertz CT molecular complexity index is 381. The summed E-state index contributed by atoms with van der Waals surface area (Å²) in [5.74, 6) is 0.662. The molecule has 0 amide bonds. The van der Waals surface area contributed by atoms with Gasteiger partial charge in [0.2, 0.25) is 5.88 Å². The molecule has 0 atom stereocenters. The smallest absolute Gasteiger partial charge is 0.213 e. The molecule has 86 valence electrons. The highest BCUT2D eigenvalue weighted by Crippen LogP contribution is 2.33. The van der Waals surface area contributed by atoms with Crippen molar-refractivity contribution in [2.75, 3.05) is 13.2 Å². The van der Waals surface area contributed by atoms with Crippen molar-refractivity contribution in [3.05, 3.63) is 29.5 Å². The lowest BCUT2D eigenvalue weighted by molar-refractivity contribution is 0.327. The van der Waals surface area contributed by atoms with Gasteiger partial charge in [-0.3, -0.25) is 0 Å². The Balaban J connectivity index is 2.21. The van der Waals surface area contributed by atoms with Crippen molar-refractivity contribution < 1.29 is 9.84 Å². The Morgan fingerprint density at radius 1 is 1.38 bits per heavy atom. The van der Waals surface area contributed by atoms with Crippen LogP contribution < -0.4 is 4.74 Å². The van der Waals surface area contributed by atoms with Crippen molar-refractivity contribution in [3.63, 3.8) is 0 Å². The Hall–Kier alpha value is -1.35. The number of pyridine rings is 1. The molecule has 1 heterocycles. The van der Waals surface area contributed by atoms with E-state index in [1.165, 1.54) is 5.57 Å². The number of rotatable bonds is 4. The second-order valence-electron chi connectivity index (χ2n) is 3.91. The van der Waals surface area contributed by atoms with E-state index in [2.05, 4.69) is 4.98 Å². The molecule has 0 unspecified atom stereocenters. The maximum atomic E-state index is 9.23. The lowest BCUT2D eigenvalue weighted by Gasteiger charge is -2.06. The van der Waals surface area contributed by atoms with E-state index in [1.807, 2.05) is 25.3 Å². The first-order valence-corrected chi connectivity index (χ1v) is 5.76. The fourth-order valence-corrected chi connectivity index (χ4v) is 2.12. The number of ether oxygens (including phenoxy) is 1. The number of nitrogens with zero attached hydrogens (tertiary/aromatic N) is 1. The normalized spacial score (nSPS) is 15.6. The summed E-state index contributed by atoms with van der Waals surface area (Å²) < 4.78 is 5.30. The van der Waals surface area contributed by atoms with Crippen LogP contribution in [0.2, 0.25) is 0 Å². The highest BCUT2D eigenvalue weighted by Gasteiger charge is 2.15. The SMILES string of the molecule is CCOc1ccc(C2=C(CO)CCC2)cn1. The number of aliphatic hydroxyl groups excluding tert-OH is 1. The van der Waals surface area contributed by atoms with Crippen molar-refractivity contribution in [1.82, 2.24) is 4.98 Å². The predicted molar refractivity (Wildman–Crippen MR) is 63.3 cm³/mol. The van der Waals surface area contributed by atoms with Gasteiger partial charge in [-0.25, -0.2) is 4.98 Å². The summed E-state index contributed by atoms with van der Waals surface area (Å²) in [5.41, 5.74) is 3.54. The molecule has 1 aliphatic carbocycles. The minimum Gasteiger partial charge on any atom is -0.478 e. The highest BCUT2D eigenvalue weighted by molar-refractivity contribution is 5.70. The molecule has 1 aromatic heterocycles. The van der Waals surface area contributed by atoms with Gasteiger partial charge in [-0.05, 0) is 49.0 Å². The van der Waals surface area contributed by atoms with Gasteiger partial charge in [0.15, 0.2) is 0 Å². The Morgan fingerprint density at radius 3 is 2.88 bits per heavy atom. The summed E-state index contributed by atoms with van der Waals surface area (Å²) in [6.45, 7) is 2.75. The van der Waals surface area contributed by atoms with E-state index in [1.54, 1.807) is 0 Å². The molecule has 0 aromatic carbocycles. The zero-order chi connectivity index (χ0) is 11.4. The summed E-state index contributed by atoms with van der Waals surface area (Å²) in [5, 5.41) is 9.23. The van der Waals surface area contributed by atoms with Crippen LogP contribution in [0.4, 0.5) is 0 Å². The second-order valence-corrected chi connectivity index (χ2v) is 3.91. The quantitative estimate of drug-likeness (QED) is 0.845. The average molecular weight is 219 g/mol. The van der Waals surface area contributed by atoms with Gasteiger partial charge in [0, 0.05) is 12.3 Å². The van der Waals surface area contributed by atoms with Crippen LogP contribution >= 0.6 is 0 Å². The minimum atomic E-state index is 0.169. The topological polar surface area (TPSA) is 42.4 Å². The minimum absolute atomic E-state index is 0.169. The van der Waals surface area contributed by atoms with Crippen molar-refractivity contribution in [2.24, 2.45) is 0 Å². The van der Waals surface area contributed by atoms with E-state index >= 15 is 0 Å². The van der Waals surface area contributed by atoms with E-state index in [9.17, 15) is 5.11 Å². The molecule has 0 aliphatic heterocycles. The van der Waals surface area contributed by atoms with Gasteiger partial charge in [-0.1, -0.05) is 0 Å². The van der Waals surface area contributed by atoms with Gasteiger partial charge < -0.3 is 9.84 Å². The molecule has 0 bridgehead atoms. The van der Waals surface area contributed by atoms with Gasteiger partial charge in [-0.15, -0.1) is 0 Å². The largest absolute Gasteiger partial charge is 0.478 e. The van der Waals surface area contributed by atoms with Crippen LogP contribution in [0.25, 0.3) is 5.57 Å². The second kappa shape index (κ2) is 5.12. The zero-order valence-corrected chi connectivity index (χ0v) is 9.57. The first-order chi connectivity index (χ1) is 7.85. The lowest BCUT2D eigenvalue weighted by Crippen LogP contribution is -1.95. The van der Waals surface area contributed by atoms with Crippen LogP contribution in [0.1, 0.15) is 31.7 Å². The van der Waals surface area contributed by atoms with Crippen LogP contribution in [0.5, 0.6) is 5.88 Å². The van der Waals surface area contributed by atoms with Crippen LogP contribution in [-0.4, -0.2) is 23.3 Å². The summed E-state index contributed by atoms with van der Waals surface area (Å²) in [6.07, 6.45) is 5.03. The van der Waals surface area contributed by atoms with Gasteiger partial charge in [0.1, 0.15) is 0 Å². The molecule has 1 aromatic rings. The molecule has 0 radical (unpaired) electrons. The molecular weight excluding hydrogens is 202 g/mol. The molecule has 16 heavy (non-hydrogen) atoms. The number of allylic oxidation sites excluding steroid dienone is 1. The van der Waals surface area contributed by atoms with Crippen molar-refractivity contribution in [3.8, 4) is 5.88 Å². The number of aromatic nitrogens is 1. The van der Waals surface area contributed by atoms with Crippen molar-refractivity contribution in [2.45, 2.75) is 26.2 Å². The molecule has 0 saturated heterocycles. The van der Waals surface area contributed by atoms with Gasteiger partial charge in [0.25, 0.3) is 0 Å². The molecule has 1 N–H and O–H groups in total. The van der Waals surface area contributed by atoms with Crippen LogP contribution in [-0.2, 0) is 0 Å². The van der Waals surface area contributed by atoms with Gasteiger partial charge in [-0.2, -0.15) is 0 Å². The first-order valence-electron chi connectivity index (χ1n) is 5.76. The summed E-state index contributed by atoms with van der Waals surface area (Å²) >= 11 is 0. The molecule has 0 saturated carbocycles. The van der Waals surface area contributed by atoms with Crippen molar-refractivity contribution in [1.29, 1.82) is 0 Å². The maximum absolute atomic E-state index is 9.23. The number of aliphatic hydroxyl groups is 1. The summed E-state index contributed by atoms with van der Waals surface area (Å²) in [7, 11) is 0. The van der Waals surface area contributed by atoms with Gasteiger partial charge >= 0.3 is 0 Å². The van der Waals surface area contributed by atoms with Crippen LogP contribution in [0, 0.1) is 0 Å². The fourth-order valence-electron chi connectivity index (χ4n) is 2.12. The third kappa shape index (κ3) is 2.25. The molecular formula is C13H17NO2. The third-order valence-corrected chi connectivity index (χ3v) is 2.90. The fraction of sp³-hybridized carbons (Fsp3) is 0.462. The summed E-state index contributed by atoms with van der Waals surface area (Å²) in [6, 6.07) is 3.91. The maximum Gasteiger partial charge on any atom is 0.213 e. The van der Waals surface area contributed by atoms with E-state index in [0.717, 1.165) is 30.4 Å². The average Bonchev–Trinajstić information content (AvgIpc) is 2.78. The first kappa shape index (κ1) is 11.1. The molecule has 1 aliphatic rings. The van der Waals surface area contributed by atoms with E-state index in [0.29, 0.717) is 12.5 Å². The number of hydrogen-bond donors (Lipinski definition) is 1. The molecule has 3 nitrogen and oxygen atoms in total. The highest BCUT2D eigenvalue weighted by atomic mass is 16.5. The summed E-state index contributed by atoms with van der Waals surface area (Å²) in [4.78, 5) is 4.24. The lowest BCUT2D eigenvalue weighted by atomic mass is 10.0. The number of hydrogen-bond acceptors (Lipinski definition) is 3. The Labute approximate surface area is 95.8 Å². The molecule has 3 heteroatoms. The Morgan fingerprint density at radius 2 is 2.25 bits per heavy atom. The van der Waals surface area contributed by atoms with Crippen molar-refractivity contribution >= 4 is 5.57 Å². The van der Waals surface area contributed by atoms with Crippen LogP contribution in [0.3, 0.4) is 0 Å². The molecule has 2 rings (SSSR count).